The van der Waals surface area contributed by atoms with E-state index in [9.17, 15) is 8.42 Å². The Kier molecular flexibility index (Phi) is 5.88. The lowest BCUT2D eigenvalue weighted by Crippen LogP contribution is -2.11. The fourth-order valence-corrected chi connectivity index (χ4v) is 3.97. The minimum Gasteiger partial charge on any atom is -0.493 e. The van der Waals surface area contributed by atoms with Crippen LogP contribution in [0.15, 0.2) is 64.9 Å². The van der Waals surface area contributed by atoms with Crippen molar-refractivity contribution in [3.8, 4) is 11.4 Å². The molecule has 3 aromatic rings. The van der Waals surface area contributed by atoms with Crippen LogP contribution >= 0.6 is 11.8 Å². The number of thioether (sulfide) groups is 1. The maximum atomic E-state index is 11.3. The number of benzene rings is 2. The fourth-order valence-electron chi connectivity index (χ4n) is 2.67. The van der Waals surface area contributed by atoms with E-state index in [0.29, 0.717) is 18.1 Å². The third kappa shape index (κ3) is 4.91. The molecule has 3 rings (SSSR count). The van der Waals surface area contributed by atoms with E-state index >= 15 is 0 Å². The SMILES string of the molecule is Cc1ccc(-n2ccnc2SCCOc2ccc(S(N)(=O)=O)cc2)c(C)c1. The van der Waals surface area contributed by atoms with Crippen LogP contribution in [0.4, 0.5) is 0 Å². The van der Waals surface area contributed by atoms with Crippen molar-refractivity contribution in [1.82, 2.24) is 9.55 Å². The number of sulfonamides is 1. The highest BCUT2D eigenvalue weighted by atomic mass is 32.2. The second-order valence-electron chi connectivity index (χ2n) is 6.08. The molecule has 2 aromatic carbocycles. The highest BCUT2D eigenvalue weighted by Crippen LogP contribution is 2.23. The molecule has 0 radical (unpaired) electrons. The number of ether oxygens (including phenoxy) is 1. The van der Waals surface area contributed by atoms with Crippen LogP contribution in [0.1, 0.15) is 11.1 Å². The number of hydrogen-bond donors (Lipinski definition) is 1. The predicted octanol–water partition coefficient (Wildman–Crippen LogP) is 3.31. The van der Waals surface area contributed by atoms with E-state index < -0.39 is 10.0 Å². The van der Waals surface area contributed by atoms with Crippen LogP contribution in [0.2, 0.25) is 0 Å². The Labute approximate surface area is 163 Å². The molecule has 8 heteroatoms. The van der Waals surface area contributed by atoms with Gasteiger partial charge in [0.25, 0.3) is 0 Å². The maximum absolute atomic E-state index is 11.3. The molecule has 6 nitrogen and oxygen atoms in total. The number of rotatable bonds is 7. The molecule has 2 N–H and O–H groups in total. The molecule has 0 saturated carbocycles. The van der Waals surface area contributed by atoms with Gasteiger partial charge in [-0.2, -0.15) is 0 Å². The fraction of sp³-hybridized carbons (Fsp3) is 0.211. The number of hydrogen-bond acceptors (Lipinski definition) is 5. The van der Waals surface area contributed by atoms with Crippen LogP contribution in [0.3, 0.4) is 0 Å². The highest BCUT2D eigenvalue weighted by Gasteiger charge is 2.09. The molecule has 0 fully saturated rings. The standard InChI is InChI=1S/C19H21N3O3S2/c1-14-3-8-18(15(2)13-14)22-10-9-21-19(22)26-12-11-25-16-4-6-17(7-5-16)27(20,23)24/h3-10,13H,11-12H2,1-2H3,(H2,20,23,24). The Balaban J connectivity index is 1.58. The number of nitrogens with two attached hydrogens (primary N) is 1. The normalized spacial score (nSPS) is 11.5. The minimum absolute atomic E-state index is 0.0692. The zero-order chi connectivity index (χ0) is 19.4. The molecule has 0 aliphatic carbocycles. The van der Waals surface area contributed by atoms with Crippen LogP contribution in [0.25, 0.3) is 5.69 Å². The maximum Gasteiger partial charge on any atom is 0.238 e. The van der Waals surface area contributed by atoms with Gasteiger partial charge in [-0.1, -0.05) is 29.5 Å². The Hall–Kier alpha value is -2.29. The minimum atomic E-state index is -3.68. The average molecular weight is 404 g/mol. The molecule has 0 amide bonds. The largest absolute Gasteiger partial charge is 0.493 e. The van der Waals surface area contributed by atoms with Crippen molar-refractivity contribution in [2.45, 2.75) is 23.9 Å². The quantitative estimate of drug-likeness (QED) is 0.483. The average Bonchev–Trinajstić information content (AvgIpc) is 3.06. The van der Waals surface area contributed by atoms with Crippen molar-refractivity contribution in [3.05, 3.63) is 66.0 Å². The van der Waals surface area contributed by atoms with Gasteiger partial charge < -0.3 is 4.74 Å². The van der Waals surface area contributed by atoms with Crippen LogP contribution in [0, 0.1) is 13.8 Å². The first-order valence-corrected chi connectivity index (χ1v) is 10.9. The van der Waals surface area contributed by atoms with Gasteiger partial charge in [0.2, 0.25) is 10.0 Å². The summed E-state index contributed by atoms with van der Waals surface area (Å²) in [6.45, 7) is 4.64. The van der Waals surface area contributed by atoms with Gasteiger partial charge in [0.15, 0.2) is 5.16 Å². The molecule has 0 unspecified atom stereocenters. The molecular formula is C19H21N3O3S2. The summed E-state index contributed by atoms with van der Waals surface area (Å²) in [4.78, 5) is 4.50. The zero-order valence-corrected chi connectivity index (χ0v) is 16.8. The number of primary sulfonamides is 1. The second kappa shape index (κ2) is 8.16. The monoisotopic (exact) mass is 403 g/mol. The summed E-state index contributed by atoms with van der Waals surface area (Å²) in [7, 11) is -3.68. The summed E-state index contributed by atoms with van der Waals surface area (Å²) in [6.07, 6.45) is 3.74. The summed E-state index contributed by atoms with van der Waals surface area (Å²) in [6, 6.07) is 12.4. The van der Waals surface area contributed by atoms with Crippen molar-refractivity contribution in [2.24, 2.45) is 5.14 Å². The Bertz CT molecular complexity index is 1030. The lowest BCUT2D eigenvalue weighted by atomic mass is 10.1. The summed E-state index contributed by atoms with van der Waals surface area (Å²) >= 11 is 1.60. The van der Waals surface area contributed by atoms with Gasteiger partial charge in [-0.25, -0.2) is 18.5 Å². The summed E-state index contributed by atoms with van der Waals surface area (Å²) in [5.41, 5.74) is 3.54. The molecule has 1 heterocycles. The lowest BCUT2D eigenvalue weighted by molar-refractivity contribution is 0.343. The predicted molar refractivity (Wildman–Crippen MR) is 107 cm³/mol. The molecule has 0 aliphatic rings. The third-order valence-corrected chi connectivity index (χ3v) is 5.81. The highest BCUT2D eigenvalue weighted by molar-refractivity contribution is 7.99. The molecule has 1 aromatic heterocycles. The van der Waals surface area contributed by atoms with Gasteiger partial charge in [-0.15, -0.1) is 0 Å². The molecule has 0 aliphatic heterocycles. The molecular weight excluding hydrogens is 382 g/mol. The van der Waals surface area contributed by atoms with E-state index in [4.69, 9.17) is 9.88 Å². The van der Waals surface area contributed by atoms with Crippen LogP contribution in [-0.4, -0.2) is 30.3 Å². The van der Waals surface area contributed by atoms with E-state index in [1.807, 2.05) is 6.20 Å². The van der Waals surface area contributed by atoms with E-state index in [0.717, 1.165) is 10.8 Å². The zero-order valence-electron chi connectivity index (χ0n) is 15.1. The van der Waals surface area contributed by atoms with Crippen molar-refractivity contribution >= 4 is 21.8 Å². The van der Waals surface area contributed by atoms with E-state index in [2.05, 4.69) is 41.6 Å². The summed E-state index contributed by atoms with van der Waals surface area (Å²) in [5.74, 6) is 1.31. The number of aryl methyl sites for hydroxylation is 2. The number of aromatic nitrogens is 2. The van der Waals surface area contributed by atoms with Crippen molar-refractivity contribution in [1.29, 1.82) is 0 Å². The second-order valence-corrected chi connectivity index (χ2v) is 8.71. The van der Waals surface area contributed by atoms with Gasteiger partial charge >= 0.3 is 0 Å². The first kappa shape index (κ1) is 19.5. The Morgan fingerprint density at radius 2 is 1.89 bits per heavy atom. The van der Waals surface area contributed by atoms with Gasteiger partial charge in [-0.05, 0) is 49.7 Å². The van der Waals surface area contributed by atoms with Crippen molar-refractivity contribution < 1.29 is 13.2 Å². The number of nitrogens with zero attached hydrogens (tertiary/aromatic N) is 2. The lowest BCUT2D eigenvalue weighted by Gasteiger charge is -2.11. The van der Waals surface area contributed by atoms with Crippen LogP contribution in [-0.2, 0) is 10.0 Å². The third-order valence-electron chi connectivity index (χ3n) is 3.95. The first-order chi connectivity index (χ1) is 12.8. The number of imidazole rings is 1. The molecule has 0 atom stereocenters. The molecule has 27 heavy (non-hydrogen) atoms. The van der Waals surface area contributed by atoms with Crippen LogP contribution in [0.5, 0.6) is 5.75 Å². The topological polar surface area (TPSA) is 87.2 Å². The smallest absolute Gasteiger partial charge is 0.238 e. The molecule has 0 spiro atoms. The first-order valence-electron chi connectivity index (χ1n) is 8.34. The Morgan fingerprint density at radius 1 is 1.15 bits per heavy atom. The van der Waals surface area contributed by atoms with Crippen LogP contribution < -0.4 is 9.88 Å². The molecule has 0 saturated heterocycles. The van der Waals surface area contributed by atoms with Crippen molar-refractivity contribution in [2.75, 3.05) is 12.4 Å². The van der Waals surface area contributed by atoms with E-state index in [1.54, 1.807) is 30.1 Å². The Morgan fingerprint density at radius 3 is 2.56 bits per heavy atom. The van der Waals surface area contributed by atoms with Crippen molar-refractivity contribution in [3.63, 3.8) is 0 Å². The van der Waals surface area contributed by atoms with Gasteiger partial charge in [-0.3, -0.25) is 4.57 Å². The molecule has 142 valence electrons. The van der Waals surface area contributed by atoms with Gasteiger partial charge in [0.1, 0.15) is 5.75 Å². The summed E-state index contributed by atoms with van der Waals surface area (Å²) in [5, 5.41) is 5.98. The van der Waals surface area contributed by atoms with Gasteiger partial charge in [0.05, 0.1) is 17.2 Å². The van der Waals surface area contributed by atoms with E-state index in [-0.39, 0.29) is 4.90 Å². The molecule has 0 bridgehead atoms. The van der Waals surface area contributed by atoms with E-state index in [1.165, 1.54) is 23.3 Å². The summed E-state index contributed by atoms with van der Waals surface area (Å²) < 4.78 is 30.2. The van der Waals surface area contributed by atoms with Gasteiger partial charge in [0, 0.05) is 18.1 Å².